The number of amides is 1. The summed E-state index contributed by atoms with van der Waals surface area (Å²) in [6.45, 7) is 4.22. The second kappa shape index (κ2) is 7.81. The molecule has 0 aliphatic carbocycles. The lowest BCUT2D eigenvalue weighted by molar-refractivity contribution is -0.118. The fourth-order valence-electron chi connectivity index (χ4n) is 2.17. The van der Waals surface area contributed by atoms with E-state index < -0.39 is 15.9 Å². The molecule has 0 unspecified atom stereocenters. The van der Waals surface area contributed by atoms with Gasteiger partial charge in [-0.3, -0.25) is 4.79 Å². The van der Waals surface area contributed by atoms with Gasteiger partial charge in [-0.2, -0.15) is 0 Å². The molecule has 0 fully saturated rings. The van der Waals surface area contributed by atoms with Crippen LogP contribution in [0, 0.1) is 6.92 Å². The lowest BCUT2D eigenvalue weighted by Gasteiger charge is -2.10. The molecule has 0 aliphatic heterocycles. The van der Waals surface area contributed by atoms with Crippen molar-refractivity contribution < 1.29 is 17.9 Å². The van der Waals surface area contributed by atoms with Crippen molar-refractivity contribution in [1.29, 1.82) is 0 Å². The molecule has 0 radical (unpaired) electrons. The molecule has 0 bridgehead atoms. The Morgan fingerprint density at radius 1 is 1.21 bits per heavy atom. The van der Waals surface area contributed by atoms with Gasteiger partial charge in [-0.05, 0) is 53.5 Å². The van der Waals surface area contributed by atoms with Crippen LogP contribution in [0.1, 0.15) is 18.1 Å². The maximum Gasteiger partial charge on any atom is 0.264 e. The van der Waals surface area contributed by atoms with Crippen molar-refractivity contribution in [1.82, 2.24) is 4.72 Å². The zero-order chi connectivity index (χ0) is 17.7. The third kappa shape index (κ3) is 4.82. The molecule has 5 nitrogen and oxygen atoms in total. The Morgan fingerprint density at radius 2 is 1.96 bits per heavy atom. The summed E-state index contributed by atoms with van der Waals surface area (Å²) in [7, 11) is -3.93. The van der Waals surface area contributed by atoms with Crippen molar-refractivity contribution in [3.8, 4) is 5.75 Å². The average molecular weight is 412 g/mol. The summed E-state index contributed by atoms with van der Waals surface area (Å²) in [5.41, 5.74) is 1.77. The first kappa shape index (κ1) is 18.5. The number of nitrogens with one attached hydrogen (secondary N) is 1. The molecule has 0 atom stereocenters. The van der Waals surface area contributed by atoms with Crippen LogP contribution in [0.15, 0.2) is 51.8 Å². The standard InChI is InChI=1S/C17H18BrNO4S/c1-3-23-16-8-7-14(11-15(16)18)24(21,22)19-17(20)10-13-6-4-5-12(2)9-13/h4-9,11H,3,10H2,1-2H3,(H,19,20). The highest BCUT2D eigenvalue weighted by molar-refractivity contribution is 9.10. The van der Waals surface area contributed by atoms with Crippen molar-refractivity contribution in [2.45, 2.75) is 25.2 Å². The summed E-state index contributed by atoms with van der Waals surface area (Å²) >= 11 is 3.27. The Morgan fingerprint density at radius 3 is 2.58 bits per heavy atom. The number of carbonyl (C=O) groups is 1. The summed E-state index contributed by atoms with van der Waals surface area (Å²) in [5, 5.41) is 0. The number of ether oxygens (including phenoxy) is 1. The van der Waals surface area contributed by atoms with Crippen LogP contribution in [0.2, 0.25) is 0 Å². The van der Waals surface area contributed by atoms with Crippen molar-refractivity contribution in [3.63, 3.8) is 0 Å². The molecule has 128 valence electrons. The fraction of sp³-hybridized carbons (Fsp3) is 0.235. The third-order valence-electron chi connectivity index (χ3n) is 3.21. The summed E-state index contributed by atoms with van der Waals surface area (Å²) in [5.74, 6) is -0.0341. The number of carbonyl (C=O) groups excluding carboxylic acids is 1. The molecule has 0 saturated heterocycles. The normalized spacial score (nSPS) is 11.1. The van der Waals surface area contributed by atoms with Crippen LogP contribution < -0.4 is 9.46 Å². The Bertz CT molecular complexity index is 849. The third-order valence-corrected chi connectivity index (χ3v) is 5.20. The summed E-state index contributed by atoms with van der Waals surface area (Å²) in [6, 6.07) is 11.7. The Labute approximate surface area is 150 Å². The van der Waals surface area contributed by atoms with Crippen LogP contribution in [-0.4, -0.2) is 20.9 Å². The molecule has 0 aromatic heterocycles. The van der Waals surface area contributed by atoms with Crippen molar-refractivity contribution in [2.24, 2.45) is 0 Å². The molecule has 1 N–H and O–H groups in total. The van der Waals surface area contributed by atoms with Gasteiger partial charge in [0.1, 0.15) is 5.75 Å². The zero-order valence-electron chi connectivity index (χ0n) is 13.4. The van der Waals surface area contributed by atoms with Crippen LogP contribution >= 0.6 is 15.9 Å². The maximum atomic E-state index is 12.3. The summed E-state index contributed by atoms with van der Waals surface area (Å²) < 4.78 is 32.6. The first-order valence-corrected chi connectivity index (χ1v) is 9.63. The highest BCUT2D eigenvalue weighted by Gasteiger charge is 2.19. The van der Waals surface area contributed by atoms with E-state index in [1.165, 1.54) is 12.1 Å². The van der Waals surface area contributed by atoms with Crippen LogP contribution in [0.3, 0.4) is 0 Å². The molecule has 0 heterocycles. The molecule has 0 saturated carbocycles. The van der Waals surface area contributed by atoms with E-state index in [2.05, 4.69) is 20.7 Å². The van der Waals surface area contributed by atoms with Crippen molar-refractivity contribution in [3.05, 3.63) is 58.1 Å². The SMILES string of the molecule is CCOc1ccc(S(=O)(=O)NC(=O)Cc2cccc(C)c2)cc1Br. The minimum atomic E-state index is -3.93. The number of sulfonamides is 1. The summed E-state index contributed by atoms with van der Waals surface area (Å²) in [6.07, 6.45) is -0.000884. The second-order valence-corrected chi connectivity index (χ2v) is 7.76. The topological polar surface area (TPSA) is 72.5 Å². The van der Waals surface area contributed by atoms with Gasteiger partial charge in [0.2, 0.25) is 5.91 Å². The Hall–Kier alpha value is -1.86. The molecule has 2 rings (SSSR count). The lowest BCUT2D eigenvalue weighted by atomic mass is 10.1. The van der Waals surface area contributed by atoms with Crippen LogP contribution in [0.5, 0.6) is 5.75 Å². The number of hydrogen-bond acceptors (Lipinski definition) is 4. The Kier molecular flexibility index (Phi) is 6.01. The van der Waals surface area contributed by atoms with E-state index in [1.54, 1.807) is 12.1 Å². The highest BCUT2D eigenvalue weighted by Crippen LogP contribution is 2.27. The quantitative estimate of drug-likeness (QED) is 0.791. The molecule has 7 heteroatoms. The van der Waals surface area contributed by atoms with Crippen molar-refractivity contribution >= 4 is 31.9 Å². The number of hydrogen-bond donors (Lipinski definition) is 1. The minimum Gasteiger partial charge on any atom is -0.493 e. The van der Waals surface area contributed by atoms with Crippen molar-refractivity contribution in [2.75, 3.05) is 6.61 Å². The zero-order valence-corrected chi connectivity index (χ0v) is 15.8. The molecule has 2 aromatic carbocycles. The van der Waals surface area contributed by atoms with E-state index in [1.807, 2.05) is 32.0 Å². The first-order valence-electron chi connectivity index (χ1n) is 7.35. The number of benzene rings is 2. The molecule has 0 spiro atoms. The molecule has 1 amide bonds. The number of aryl methyl sites for hydroxylation is 1. The Balaban J connectivity index is 2.13. The van der Waals surface area contributed by atoms with Gasteiger partial charge in [-0.25, -0.2) is 13.1 Å². The van der Waals surface area contributed by atoms with Gasteiger partial charge in [0.05, 0.1) is 22.4 Å². The number of halogens is 1. The van der Waals surface area contributed by atoms with Gasteiger partial charge < -0.3 is 4.74 Å². The first-order chi connectivity index (χ1) is 11.3. The van der Waals surface area contributed by atoms with Gasteiger partial charge in [0, 0.05) is 0 Å². The van der Waals surface area contributed by atoms with Crippen LogP contribution in [0.25, 0.3) is 0 Å². The number of rotatable bonds is 6. The molecular formula is C17H18BrNO4S. The predicted octanol–water partition coefficient (Wildman–Crippen LogP) is 3.20. The highest BCUT2D eigenvalue weighted by atomic mass is 79.9. The van der Waals surface area contributed by atoms with E-state index >= 15 is 0 Å². The maximum absolute atomic E-state index is 12.3. The largest absolute Gasteiger partial charge is 0.493 e. The van der Waals surface area contributed by atoms with Gasteiger partial charge in [-0.1, -0.05) is 29.8 Å². The van der Waals surface area contributed by atoms with E-state index in [9.17, 15) is 13.2 Å². The average Bonchev–Trinajstić information content (AvgIpc) is 2.48. The molecule has 24 heavy (non-hydrogen) atoms. The molecule has 2 aromatic rings. The fourth-order valence-corrected chi connectivity index (χ4v) is 3.83. The van der Waals surface area contributed by atoms with Gasteiger partial charge in [-0.15, -0.1) is 0 Å². The second-order valence-electron chi connectivity index (χ2n) is 5.22. The van der Waals surface area contributed by atoms with Crippen LogP contribution in [-0.2, 0) is 21.2 Å². The van der Waals surface area contributed by atoms with E-state index in [4.69, 9.17) is 4.74 Å². The lowest BCUT2D eigenvalue weighted by Crippen LogP contribution is -2.31. The minimum absolute atomic E-state index is 0.000884. The van der Waals surface area contributed by atoms with Gasteiger partial charge in [0.15, 0.2) is 0 Å². The van der Waals surface area contributed by atoms with Gasteiger partial charge in [0.25, 0.3) is 10.0 Å². The molecule has 0 aliphatic rings. The monoisotopic (exact) mass is 411 g/mol. The van der Waals surface area contributed by atoms with E-state index in [-0.39, 0.29) is 11.3 Å². The summed E-state index contributed by atoms with van der Waals surface area (Å²) in [4.78, 5) is 12.0. The molecular weight excluding hydrogens is 394 g/mol. The smallest absolute Gasteiger partial charge is 0.264 e. The predicted molar refractivity (Wildman–Crippen MR) is 95.5 cm³/mol. The van der Waals surface area contributed by atoms with Crippen LogP contribution in [0.4, 0.5) is 0 Å². The van der Waals surface area contributed by atoms with Gasteiger partial charge >= 0.3 is 0 Å². The van der Waals surface area contributed by atoms with E-state index in [0.29, 0.717) is 16.8 Å². The van der Waals surface area contributed by atoms with E-state index in [0.717, 1.165) is 11.1 Å².